The molecule has 0 fully saturated rings. The zero-order valence-electron chi connectivity index (χ0n) is 14.2. The second kappa shape index (κ2) is 7.49. The lowest BCUT2D eigenvalue weighted by molar-refractivity contribution is -0.123. The van der Waals surface area contributed by atoms with Crippen LogP contribution in [0.5, 0.6) is 0 Å². The largest absolute Gasteiger partial charge is 0.354 e. The van der Waals surface area contributed by atoms with Gasteiger partial charge in [-0.2, -0.15) is 4.98 Å². The van der Waals surface area contributed by atoms with Crippen molar-refractivity contribution in [3.63, 3.8) is 0 Å². The molecule has 1 aliphatic heterocycles. The van der Waals surface area contributed by atoms with Crippen LogP contribution in [0.2, 0.25) is 0 Å². The summed E-state index contributed by atoms with van der Waals surface area (Å²) < 4.78 is 5.26. The minimum atomic E-state index is -0.415. The molecule has 0 saturated carbocycles. The molecule has 0 radical (unpaired) electrons. The van der Waals surface area contributed by atoms with Crippen LogP contribution in [0.4, 0.5) is 0 Å². The summed E-state index contributed by atoms with van der Waals surface area (Å²) in [7, 11) is 0. The van der Waals surface area contributed by atoms with Gasteiger partial charge in [-0.3, -0.25) is 4.79 Å². The third-order valence-electron chi connectivity index (χ3n) is 4.36. The third-order valence-corrected chi connectivity index (χ3v) is 4.36. The zero-order chi connectivity index (χ0) is 17.8. The van der Waals surface area contributed by atoms with Crippen molar-refractivity contribution in [1.82, 2.24) is 30.7 Å². The molecule has 4 rings (SSSR count). The number of H-pyrrole nitrogens is 1. The van der Waals surface area contributed by atoms with Crippen molar-refractivity contribution >= 4 is 5.91 Å². The lowest BCUT2D eigenvalue weighted by Gasteiger charge is -2.21. The Hall–Kier alpha value is -3.00. The van der Waals surface area contributed by atoms with E-state index in [0.717, 1.165) is 29.9 Å². The Bertz CT molecular complexity index is 873. The van der Waals surface area contributed by atoms with Crippen LogP contribution in [0, 0.1) is 0 Å². The lowest BCUT2D eigenvalue weighted by Crippen LogP contribution is -2.42. The Labute approximate surface area is 150 Å². The molecule has 134 valence electrons. The molecule has 8 heteroatoms. The molecule has 26 heavy (non-hydrogen) atoms. The van der Waals surface area contributed by atoms with Crippen LogP contribution in [0.15, 0.2) is 41.2 Å². The van der Waals surface area contributed by atoms with Gasteiger partial charge in [0, 0.05) is 38.0 Å². The fraction of sp³-hybridized carbons (Fsp3) is 0.333. The van der Waals surface area contributed by atoms with Gasteiger partial charge < -0.3 is 20.1 Å². The Kier molecular flexibility index (Phi) is 4.74. The van der Waals surface area contributed by atoms with Gasteiger partial charge in [0.2, 0.25) is 11.8 Å². The summed E-state index contributed by atoms with van der Waals surface area (Å²) >= 11 is 0. The van der Waals surface area contributed by atoms with Crippen LogP contribution in [-0.2, 0) is 24.1 Å². The monoisotopic (exact) mass is 352 g/mol. The molecule has 1 aromatic carbocycles. The third kappa shape index (κ3) is 3.65. The fourth-order valence-corrected chi connectivity index (χ4v) is 3.07. The van der Waals surface area contributed by atoms with E-state index in [1.165, 1.54) is 0 Å². The van der Waals surface area contributed by atoms with Crippen molar-refractivity contribution in [2.45, 2.75) is 25.3 Å². The molecule has 1 amide bonds. The fourth-order valence-electron chi connectivity index (χ4n) is 3.07. The first-order chi connectivity index (χ1) is 12.8. The Morgan fingerprint density at radius 2 is 2.19 bits per heavy atom. The van der Waals surface area contributed by atoms with E-state index >= 15 is 0 Å². The first kappa shape index (κ1) is 16.5. The number of nitrogens with one attached hydrogen (secondary N) is 3. The van der Waals surface area contributed by atoms with E-state index in [9.17, 15) is 4.79 Å². The summed E-state index contributed by atoms with van der Waals surface area (Å²) in [5.41, 5.74) is 2.93. The molecule has 0 aliphatic carbocycles. The lowest BCUT2D eigenvalue weighted by atomic mass is 10.1. The second-order valence-electron chi connectivity index (χ2n) is 6.21. The number of carbonyl (C=O) groups is 1. The first-order valence-corrected chi connectivity index (χ1v) is 8.68. The number of amides is 1. The van der Waals surface area contributed by atoms with E-state index in [4.69, 9.17) is 4.52 Å². The molecule has 2 aromatic heterocycles. The number of hydrogen-bond donors (Lipinski definition) is 3. The van der Waals surface area contributed by atoms with Crippen LogP contribution in [0.3, 0.4) is 0 Å². The molecule has 3 N–H and O–H groups in total. The van der Waals surface area contributed by atoms with E-state index in [0.29, 0.717) is 31.1 Å². The van der Waals surface area contributed by atoms with Gasteiger partial charge in [-0.05, 0) is 5.56 Å². The molecule has 1 atom stereocenters. The average Bonchev–Trinajstić information content (AvgIpc) is 3.31. The number of imidazole rings is 1. The minimum Gasteiger partial charge on any atom is -0.354 e. The van der Waals surface area contributed by atoms with Crippen LogP contribution in [-0.4, -0.2) is 39.1 Å². The summed E-state index contributed by atoms with van der Waals surface area (Å²) in [5.74, 6) is 1.07. The van der Waals surface area contributed by atoms with Crippen molar-refractivity contribution in [2.24, 2.45) is 0 Å². The summed E-state index contributed by atoms with van der Waals surface area (Å²) in [4.78, 5) is 24.1. The maximum Gasteiger partial charge on any atom is 0.243 e. The predicted molar refractivity (Wildman–Crippen MR) is 93.3 cm³/mol. The van der Waals surface area contributed by atoms with Crippen LogP contribution >= 0.6 is 0 Å². The number of fused-ring (bicyclic) bond motifs is 1. The summed E-state index contributed by atoms with van der Waals surface area (Å²) in [5, 5.41) is 10.1. The smallest absolute Gasteiger partial charge is 0.243 e. The minimum absolute atomic E-state index is 0.0953. The van der Waals surface area contributed by atoms with Gasteiger partial charge in [0.1, 0.15) is 6.04 Å². The molecular weight excluding hydrogens is 332 g/mol. The van der Waals surface area contributed by atoms with Gasteiger partial charge in [-0.15, -0.1) is 0 Å². The van der Waals surface area contributed by atoms with Crippen molar-refractivity contribution in [2.75, 3.05) is 13.1 Å². The molecule has 3 heterocycles. The molecule has 0 saturated heterocycles. The highest BCUT2D eigenvalue weighted by Gasteiger charge is 2.28. The number of aromatic nitrogens is 4. The second-order valence-corrected chi connectivity index (χ2v) is 6.21. The first-order valence-electron chi connectivity index (χ1n) is 8.68. The standard InChI is InChI=1S/C18H20N6O2/c25-18(17-16-13(6-8-19-17)21-11-22-16)20-9-7-15-23-14(24-26-15)10-12-4-2-1-3-5-12/h1-5,11,17,19H,6-10H2,(H,20,25)(H,21,22)/t17-/m0/s1. The summed E-state index contributed by atoms with van der Waals surface area (Å²) in [6, 6.07) is 9.57. The summed E-state index contributed by atoms with van der Waals surface area (Å²) in [6.45, 7) is 1.18. The van der Waals surface area contributed by atoms with Gasteiger partial charge in [0.05, 0.1) is 12.0 Å². The Morgan fingerprint density at radius 3 is 3.08 bits per heavy atom. The number of hydrogen-bond acceptors (Lipinski definition) is 6. The van der Waals surface area contributed by atoms with E-state index < -0.39 is 6.04 Å². The van der Waals surface area contributed by atoms with Crippen LogP contribution < -0.4 is 10.6 Å². The van der Waals surface area contributed by atoms with E-state index in [-0.39, 0.29) is 5.91 Å². The highest BCUT2D eigenvalue weighted by molar-refractivity contribution is 5.83. The SMILES string of the molecule is O=C(NCCc1nc(Cc2ccccc2)no1)[C@H]1NCCc2[nH]cnc21. The number of benzene rings is 1. The molecule has 1 aliphatic rings. The highest BCUT2D eigenvalue weighted by Crippen LogP contribution is 2.19. The Morgan fingerprint density at radius 1 is 1.31 bits per heavy atom. The number of carbonyl (C=O) groups excluding carboxylic acids is 1. The summed E-state index contributed by atoms with van der Waals surface area (Å²) in [6.07, 6.45) is 3.61. The quantitative estimate of drug-likeness (QED) is 0.609. The topological polar surface area (TPSA) is 109 Å². The van der Waals surface area contributed by atoms with E-state index in [2.05, 4.69) is 30.7 Å². The maximum absolute atomic E-state index is 12.4. The van der Waals surface area contributed by atoms with Crippen LogP contribution in [0.25, 0.3) is 0 Å². The predicted octanol–water partition coefficient (Wildman–Crippen LogP) is 0.929. The van der Waals surface area contributed by atoms with Crippen LogP contribution in [0.1, 0.15) is 34.7 Å². The maximum atomic E-state index is 12.4. The van der Waals surface area contributed by atoms with Gasteiger partial charge in [-0.25, -0.2) is 4.98 Å². The van der Waals surface area contributed by atoms with Gasteiger partial charge in [0.15, 0.2) is 5.82 Å². The van der Waals surface area contributed by atoms with Gasteiger partial charge in [0.25, 0.3) is 0 Å². The molecular formula is C18H20N6O2. The molecule has 0 unspecified atom stereocenters. The molecule has 0 spiro atoms. The van der Waals surface area contributed by atoms with Gasteiger partial charge in [-0.1, -0.05) is 35.5 Å². The normalized spacial score (nSPS) is 16.2. The van der Waals surface area contributed by atoms with Crippen molar-refractivity contribution in [3.8, 4) is 0 Å². The van der Waals surface area contributed by atoms with E-state index in [1.54, 1.807) is 6.33 Å². The van der Waals surface area contributed by atoms with Gasteiger partial charge >= 0.3 is 0 Å². The van der Waals surface area contributed by atoms with Crippen molar-refractivity contribution in [1.29, 1.82) is 0 Å². The Balaban J connectivity index is 1.28. The number of nitrogens with zero attached hydrogens (tertiary/aromatic N) is 3. The average molecular weight is 352 g/mol. The molecule has 0 bridgehead atoms. The number of rotatable bonds is 6. The van der Waals surface area contributed by atoms with Crippen molar-refractivity contribution < 1.29 is 9.32 Å². The van der Waals surface area contributed by atoms with E-state index in [1.807, 2.05) is 30.3 Å². The number of aromatic amines is 1. The molecule has 3 aromatic rings. The zero-order valence-corrected chi connectivity index (χ0v) is 14.2. The van der Waals surface area contributed by atoms with Crippen molar-refractivity contribution in [3.05, 3.63) is 65.3 Å². The highest BCUT2D eigenvalue weighted by atomic mass is 16.5. The molecule has 8 nitrogen and oxygen atoms in total.